The highest BCUT2D eigenvalue weighted by atomic mass is 16.5. The lowest BCUT2D eigenvalue weighted by Gasteiger charge is -2.15. The van der Waals surface area contributed by atoms with Crippen molar-refractivity contribution in [2.75, 3.05) is 0 Å². The van der Waals surface area contributed by atoms with Crippen molar-refractivity contribution in [3.8, 4) is 28.3 Å². The summed E-state index contributed by atoms with van der Waals surface area (Å²) in [4.78, 5) is 0. The van der Waals surface area contributed by atoms with Crippen molar-refractivity contribution in [1.82, 2.24) is 10.2 Å². The maximum absolute atomic E-state index is 6.09. The van der Waals surface area contributed by atoms with Gasteiger partial charge in [0.25, 0.3) is 0 Å². The molecule has 0 spiro atoms. The van der Waals surface area contributed by atoms with Crippen molar-refractivity contribution in [3.05, 3.63) is 66.2 Å². The Hall–Kier alpha value is -2.68. The Morgan fingerprint density at radius 2 is 1.08 bits per heavy atom. The molecular weight excluding hydrogens is 440 g/mol. The van der Waals surface area contributed by atoms with Crippen LogP contribution in [0.2, 0.25) is 0 Å². The smallest absolute Gasteiger partial charge is 0.119 e. The predicted molar refractivity (Wildman–Crippen MR) is 153 cm³/mol. The molecule has 3 heteroatoms. The number of rotatable bonds is 17. The van der Waals surface area contributed by atoms with E-state index >= 15 is 0 Å². The van der Waals surface area contributed by atoms with E-state index in [1.54, 1.807) is 0 Å². The molecule has 1 unspecified atom stereocenters. The fraction of sp³-hybridized carbons (Fsp3) is 0.515. The van der Waals surface area contributed by atoms with Gasteiger partial charge in [-0.1, -0.05) is 95.9 Å². The summed E-state index contributed by atoms with van der Waals surface area (Å²) in [5.41, 5.74) is 5.39. The van der Waals surface area contributed by atoms with E-state index in [1.165, 1.54) is 76.2 Å². The second kappa shape index (κ2) is 16.1. The van der Waals surface area contributed by atoms with E-state index in [9.17, 15) is 0 Å². The van der Waals surface area contributed by atoms with Crippen molar-refractivity contribution in [3.63, 3.8) is 0 Å². The molecule has 3 rings (SSSR count). The van der Waals surface area contributed by atoms with Gasteiger partial charge in [-0.25, -0.2) is 0 Å². The number of hydrogen-bond donors (Lipinski definition) is 0. The molecule has 36 heavy (non-hydrogen) atoms. The highest BCUT2D eigenvalue weighted by molar-refractivity contribution is 5.64. The lowest BCUT2D eigenvalue weighted by molar-refractivity contribution is 0.206. The number of aromatic nitrogens is 2. The van der Waals surface area contributed by atoms with Gasteiger partial charge in [0, 0.05) is 11.1 Å². The molecule has 0 saturated carbocycles. The highest BCUT2D eigenvalue weighted by Gasteiger charge is 2.07. The first-order chi connectivity index (χ1) is 17.7. The van der Waals surface area contributed by atoms with Gasteiger partial charge < -0.3 is 4.74 Å². The van der Waals surface area contributed by atoms with Gasteiger partial charge >= 0.3 is 0 Å². The molecule has 0 aliphatic rings. The van der Waals surface area contributed by atoms with Crippen LogP contribution < -0.4 is 4.74 Å². The Balaban J connectivity index is 1.46. The number of nitrogens with zero attached hydrogens (tertiary/aromatic N) is 2. The molecule has 1 atom stereocenters. The second-order valence-electron chi connectivity index (χ2n) is 10.2. The summed E-state index contributed by atoms with van der Waals surface area (Å²) in [5.74, 6) is 0.919. The minimum Gasteiger partial charge on any atom is -0.491 e. The quantitative estimate of drug-likeness (QED) is 0.178. The van der Waals surface area contributed by atoms with E-state index in [0.29, 0.717) is 0 Å². The zero-order valence-corrected chi connectivity index (χ0v) is 22.8. The van der Waals surface area contributed by atoms with E-state index in [4.69, 9.17) is 4.74 Å². The van der Waals surface area contributed by atoms with E-state index in [1.807, 2.05) is 12.1 Å². The average Bonchev–Trinajstić information content (AvgIpc) is 2.91. The molecule has 3 aromatic rings. The fourth-order valence-corrected chi connectivity index (χ4v) is 4.62. The number of benzene rings is 2. The molecule has 0 aliphatic heterocycles. The van der Waals surface area contributed by atoms with Gasteiger partial charge in [-0.3, -0.25) is 0 Å². The van der Waals surface area contributed by atoms with E-state index in [0.717, 1.165) is 41.1 Å². The SMILES string of the molecule is CCCCCCCCCc1ccc(-c2ccc(-c3ccc(OC(C)CCCCCC)cc3)nn2)cc1. The van der Waals surface area contributed by atoms with Crippen LogP contribution in [0.1, 0.15) is 103 Å². The molecule has 0 saturated heterocycles. The van der Waals surface area contributed by atoms with Crippen LogP contribution in [-0.2, 0) is 6.42 Å². The third kappa shape index (κ3) is 9.76. The summed E-state index contributed by atoms with van der Waals surface area (Å²) in [6.45, 7) is 6.68. The summed E-state index contributed by atoms with van der Waals surface area (Å²) in [6.07, 6.45) is 17.1. The number of ether oxygens (including phenoxy) is 1. The van der Waals surface area contributed by atoms with E-state index in [-0.39, 0.29) is 6.10 Å². The van der Waals surface area contributed by atoms with Crippen LogP contribution in [0.15, 0.2) is 60.7 Å². The van der Waals surface area contributed by atoms with Gasteiger partial charge in [0.15, 0.2) is 0 Å². The monoisotopic (exact) mass is 486 g/mol. The predicted octanol–water partition coefficient (Wildman–Crippen LogP) is 9.84. The zero-order valence-electron chi connectivity index (χ0n) is 22.8. The molecule has 0 fully saturated rings. The van der Waals surface area contributed by atoms with Crippen molar-refractivity contribution >= 4 is 0 Å². The average molecular weight is 487 g/mol. The molecule has 1 heterocycles. The molecular formula is C33H46N2O. The molecule has 2 aromatic carbocycles. The van der Waals surface area contributed by atoms with Crippen LogP contribution in [0.5, 0.6) is 5.75 Å². The summed E-state index contributed by atoms with van der Waals surface area (Å²) < 4.78 is 6.09. The van der Waals surface area contributed by atoms with Crippen molar-refractivity contribution < 1.29 is 4.74 Å². The summed E-state index contributed by atoms with van der Waals surface area (Å²) in [6, 6.07) is 21.2. The standard InChI is InChI=1S/C33H46N2O/c1-4-6-8-10-11-12-14-16-28-17-19-29(20-18-28)32-25-26-33(35-34-32)30-21-23-31(24-22-30)36-27(3)15-13-9-7-5-2/h17-27H,4-16H2,1-3H3. The van der Waals surface area contributed by atoms with E-state index < -0.39 is 0 Å². The normalized spacial score (nSPS) is 12.0. The Kier molecular flexibility index (Phi) is 12.5. The molecule has 0 amide bonds. The van der Waals surface area contributed by atoms with Crippen LogP contribution in [0.4, 0.5) is 0 Å². The minimum atomic E-state index is 0.244. The molecule has 3 nitrogen and oxygen atoms in total. The zero-order chi connectivity index (χ0) is 25.4. The Labute approximate surface area is 219 Å². The Bertz CT molecular complexity index is 964. The van der Waals surface area contributed by atoms with Gasteiger partial charge in [0.05, 0.1) is 17.5 Å². The first-order valence-corrected chi connectivity index (χ1v) is 14.4. The third-order valence-electron chi connectivity index (χ3n) is 6.93. The first kappa shape index (κ1) is 27.9. The lowest BCUT2D eigenvalue weighted by atomic mass is 10.0. The van der Waals surface area contributed by atoms with Crippen LogP contribution in [0, 0.1) is 0 Å². The third-order valence-corrected chi connectivity index (χ3v) is 6.93. The number of unbranched alkanes of at least 4 members (excludes halogenated alkanes) is 9. The molecule has 1 aromatic heterocycles. The van der Waals surface area contributed by atoms with Crippen molar-refractivity contribution in [2.45, 2.75) is 110 Å². The maximum Gasteiger partial charge on any atom is 0.119 e. The van der Waals surface area contributed by atoms with Gasteiger partial charge in [0.1, 0.15) is 5.75 Å². The molecule has 0 N–H and O–H groups in total. The highest BCUT2D eigenvalue weighted by Crippen LogP contribution is 2.24. The molecule has 0 aliphatic carbocycles. The first-order valence-electron chi connectivity index (χ1n) is 14.4. The Morgan fingerprint density at radius 1 is 0.583 bits per heavy atom. The largest absolute Gasteiger partial charge is 0.491 e. The van der Waals surface area contributed by atoms with Crippen LogP contribution in [-0.4, -0.2) is 16.3 Å². The molecule has 0 bridgehead atoms. The van der Waals surface area contributed by atoms with Gasteiger partial charge in [0.2, 0.25) is 0 Å². The molecule has 0 radical (unpaired) electrons. The van der Waals surface area contributed by atoms with Gasteiger partial charge in [-0.15, -0.1) is 10.2 Å². The van der Waals surface area contributed by atoms with Crippen LogP contribution in [0.25, 0.3) is 22.5 Å². The number of hydrogen-bond acceptors (Lipinski definition) is 3. The summed E-state index contributed by atoms with van der Waals surface area (Å²) >= 11 is 0. The molecule has 194 valence electrons. The van der Waals surface area contributed by atoms with Crippen LogP contribution in [0.3, 0.4) is 0 Å². The Morgan fingerprint density at radius 3 is 1.64 bits per heavy atom. The topological polar surface area (TPSA) is 35.0 Å². The maximum atomic E-state index is 6.09. The van der Waals surface area contributed by atoms with E-state index in [2.05, 4.69) is 79.5 Å². The summed E-state index contributed by atoms with van der Waals surface area (Å²) in [5, 5.41) is 9.00. The van der Waals surface area contributed by atoms with Crippen molar-refractivity contribution in [2.24, 2.45) is 0 Å². The van der Waals surface area contributed by atoms with Crippen molar-refractivity contribution in [1.29, 1.82) is 0 Å². The van der Waals surface area contributed by atoms with Gasteiger partial charge in [-0.05, 0) is 74.6 Å². The lowest BCUT2D eigenvalue weighted by Crippen LogP contribution is -2.11. The summed E-state index contributed by atoms with van der Waals surface area (Å²) in [7, 11) is 0. The number of aryl methyl sites for hydroxylation is 1. The fourth-order valence-electron chi connectivity index (χ4n) is 4.62. The second-order valence-corrected chi connectivity index (χ2v) is 10.2. The minimum absolute atomic E-state index is 0.244. The van der Waals surface area contributed by atoms with Gasteiger partial charge in [-0.2, -0.15) is 0 Å². The van der Waals surface area contributed by atoms with Crippen LogP contribution >= 0.6 is 0 Å².